The van der Waals surface area contributed by atoms with Crippen LogP contribution in [-0.2, 0) is 0 Å². The number of alkyl halides is 1. The minimum absolute atomic E-state index is 0.575. The molecular formula is C4H9BrN. The summed E-state index contributed by atoms with van der Waals surface area (Å²) in [6.07, 6.45) is 2.18. The maximum Gasteiger partial charge on any atom is 0.0100 e. The second-order valence-corrected chi connectivity index (χ2v) is 1.94. The van der Waals surface area contributed by atoms with Crippen molar-refractivity contribution in [2.24, 2.45) is 0 Å². The first-order valence-electron chi connectivity index (χ1n) is 2.12. The molecule has 0 aliphatic rings. The first-order chi connectivity index (χ1) is 2.91. The SMILES string of the molecule is [NH]CCCCBr. The summed E-state index contributed by atoms with van der Waals surface area (Å²) in [6.45, 7) is 0.575. The molecule has 1 nitrogen and oxygen atoms in total. The average Bonchev–Trinajstić information content (AvgIpc) is 1.61. The average molecular weight is 151 g/mol. The van der Waals surface area contributed by atoms with Crippen LogP contribution in [0.4, 0.5) is 0 Å². The fourth-order valence-electron chi connectivity index (χ4n) is 0.219. The fraction of sp³-hybridized carbons (Fsp3) is 1.00. The number of hydrogen-bond acceptors (Lipinski definition) is 0. The molecular weight excluding hydrogens is 142 g/mol. The number of rotatable bonds is 3. The summed E-state index contributed by atoms with van der Waals surface area (Å²) in [4.78, 5) is 0. The third kappa shape index (κ3) is 4.44. The van der Waals surface area contributed by atoms with Crippen molar-refractivity contribution in [3.8, 4) is 0 Å². The second-order valence-electron chi connectivity index (χ2n) is 1.15. The van der Waals surface area contributed by atoms with Crippen LogP contribution in [0.2, 0.25) is 0 Å². The molecule has 0 heterocycles. The fourth-order valence-corrected chi connectivity index (χ4v) is 0.616. The van der Waals surface area contributed by atoms with Gasteiger partial charge in [0.15, 0.2) is 0 Å². The quantitative estimate of drug-likeness (QED) is 0.430. The molecule has 0 saturated heterocycles. The van der Waals surface area contributed by atoms with Gasteiger partial charge in [0.1, 0.15) is 0 Å². The Kier molecular flexibility index (Phi) is 5.84. The summed E-state index contributed by atoms with van der Waals surface area (Å²) >= 11 is 3.27. The van der Waals surface area contributed by atoms with Crippen molar-refractivity contribution in [2.75, 3.05) is 11.9 Å². The van der Waals surface area contributed by atoms with Crippen LogP contribution in [0.15, 0.2) is 0 Å². The van der Waals surface area contributed by atoms with Crippen molar-refractivity contribution in [1.82, 2.24) is 5.73 Å². The van der Waals surface area contributed by atoms with Crippen molar-refractivity contribution in [2.45, 2.75) is 12.8 Å². The largest absolute Gasteiger partial charge is 0.258 e. The summed E-state index contributed by atoms with van der Waals surface area (Å²) in [5.74, 6) is 0. The molecule has 1 N–H and O–H groups in total. The van der Waals surface area contributed by atoms with Crippen LogP contribution in [0.3, 0.4) is 0 Å². The summed E-state index contributed by atoms with van der Waals surface area (Å²) < 4.78 is 0. The van der Waals surface area contributed by atoms with Gasteiger partial charge in [-0.1, -0.05) is 15.9 Å². The van der Waals surface area contributed by atoms with Gasteiger partial charge in [-0.2, -0.15) is 0 Å². The van der Waals surface area contributed by atoms with E-state index >= 15 is 0 Å². The molecule has 0 atom stereocenters. The summed E-state index contributed by atoms with van der Waals surface area (Å²) in [5.41, 5.74) is 6.69. The van der Waals surface area contributed by atoms with Crippen molar-refractivity contribution in [1.29, 1.82) is 0 Å². The molecule has 0 aromatic rings. The Labute approximate surface area is 47.0 Å². The van der Waals surface area contributed by atoms with Gasteiger partial charge in [-0.3, -0.25) is 5.73 Å². The predicted octanol–water partition coefficient (Wildman–Crippen LogP) is 1.44. The molecule has 0 aromatic carbocycles. The molecule has 0 aliphatic heterocycles. The summed E-state index contributed by atoms with van der Waals surface area (Å²) in [7, 11) is 0. The van der Waals surface area contributed by atoms with E-state index in [0.717, 1.165) is 18.2 Å². The molecule has 0 unspecified atom stereocenters. The summed E-state index contributed by atoms with van der Waals surface area (Å²) in [5, 5.41) is 1.05. The molecule has 0 aliphatic carbocycles. The number of halogens is 1. The maximum atomic E-state index is 6.69. The highest BCUT2D eigenvalue weighted by Gasteiger charge is 1.77. The zero-order valence-corrected chi connectivity index (χ0v) is 5.29. The molecule has 1 radical (unpaired) electrons. The Morgan fingerprint density at radius 2 is 2.00 bits per heavy atom. The van der Waals surface area contributed by atoms with Crippen LogP contribution in [0, 0.1) is 0 Å². The minimum Gasteiger partial charge on any atom is -0.258 e. The van der Waals surface area contributed by atoms with Crippen molar-refractivity contribution < 1.29 is 0 Å². The molecule has 0 rings (SSSR count). The summed E-state index contributed by atoms with van der Waals surface area (Å²) in [6, 6.07) is 0. The van der Waals surface area contributed by atoms with Gasteiger partial charge in [-0.15, -0.1) is 0 Å². The topological polar surface area (TPSA) is 23.8 Å². The highest BCUT2D eigenvalue weighted by molar-refractivity contribution is 9.09. The van der Waals surface area contributed by atoms with E-state index in [4.69, 9.17) is 5.73 Å². The van der Waals surface area contributed by atoms with Gasteiger partial charge in [0.25, 0.3) is 0 Å². The van der Waals surface area contributed by atoms with E-state index in [0.29, 0.717) is 6.54 Å². The minimum atomic E-state index is 0.575. The number of hydrogen-bond donors (Lipinski definition) is 0. The Morgan fingerprint density at radius 3 is 2.17 bits per heavy atom. The molecule has 37 valence electrons. The molecule has 2 heteroatoms. The van der Waals surface area contributed by atoms with Crippen LogP contribution in [0.25, 0.3) is 0 Å². The van der Waals surface area contributed by atoms with Gasteiger partial charge >= 0.3 is 0 Å². The third-order valence-corrected chi connectivity index (χ3v) is 1.12. The second kappa shape index (κ2) is 5.44. The van der Waals surface area contributed by atoms with E-state index in [-0.39, 0.29) is 0 Å². The van der Waals surface area contributed by atoms with E-state index in [1.54, 1.807) is 0 Å². The van der Waals surface area contributed by atoms with E-state index in [1.165, 1.54) is 0 Å². The lowest BCUT2D eigenvalue weighted by Crippen LogP contribution is -1.83. The van der Waals surface area contributed by atoms with E-state index in [9.17, 15) is 0 Å². The van der Waals surface area contributed by atoms with Crippen LogP contribution in [0.1, 0.15) is 12.8 Å². The van der Waals surface area contributed by atoms with Gasteiger partial charge in [-0.25, -0.2) is 0 Å². The van der Waals surface area contributed by atoms with E-state index in [1.807, 2.05) is 0 Å². The standard InChI is InChI=1S/C4H9BrN/c5-3-1-2-4-6/h6H,1-4H2. The lowest BCUT2D eigenvalue weighted by atomic mass is 10.3. The van der Waals surface area contributed by atoms with Crippen LogP contribution < -0.4 is 5.73 Å². The lowest BCUT2D eigenvalue weighted by Gasteiger charge is -1.84. The highest BCUT2D eigenvalue weighted by atomic mass is 79.9. The molecule has 0 bridgehead atoms. The molecule has 0 aromatic heterocycles. The van der Waals surface area contributed by atoms with Gasteiger partial charge in [-0.05, 0) is 12.8 Å². The predicted molar refractivity (Wildman–Crippen MR) is 31.0 cm³/mol. The van der Waals surface area contributed by atoms with Crippen molar-refractivity contribution in [3.05, 3.63) is 0 Å². The Morgan fingerprint density at radius 1 is 1.33 bits per heavy atom. The van der Waals surface area contributed by atoms with Crippen LogP contribution in [0.5, 0.6) is 0 Å². The first kappa shape index (κ1) is 6.44. The zero-order chi connectivity index (χ0) is 4.83. The molecule has 0 saturated carbocycles. The Hall–Kier alpha value is 0.440. The third-order valence-electron chi connectivity index (χ3n) is 0.560. The lowest BCUT2D eigenvalue weighted by molar-refractivity contribution is 0.803. The van der Waals surface area contributed by atoms with Gasteiger partial charge in [0.05, 0.1) is 0 Å². The monoisotopic (exact) mass is 150 g/mol. The Balaban J connectivity index is 2.34. The first-order valence-corrected chi connectivity index (χ1v) is 3.24. The molecule has 6 heavy (non-hydrogen) atoms. The smallest absolute Gasteiger partial charge is 0.0100 e. The van der Waals surface area contributed by atoms with Crippen molar-refractivity contribution in [3.63, 3.8) is 0 Å². The molecule has 0 spiro atoms. The van der Waals surface area contributed by atoms with Gasteiger partial charge in [0, 0.05) is 11.9 Å². The zero-order valence-electron chi connectivity index (χ0n) is 3.71. The number of unbranched alkanes of at least 4 members (excludes halogenated alkanes) is 1. The maximum absolute atomic E-state index is 6.69. The molecule has 0 fully saturated rings. The van der Waals surface area contributed by atoms with Crippen LogP contribution >= 0.6 is 15.9 Å². The number of nitrogens with one attached hydrogen (secondary N) is 1. The highest BCUT2D eigenvalue weighted by Crippen LogP contribution is 1.89. The van der Waals surface area contributed by atoms with Crippen molar-refractivity contribution >= 4 is 15.9 Å². The Bertz CT molecular complexity index is 19.5. The molecule has 0 amide bonds. The van der Waals surface area contributed by atoms with Gasteiger partial charge < -0.3 is 0 Å². The van der Waals surface area contributed by atoms with E-state index < -0.39 is 0 Å². The van der Waals surface area contributed by atoms with Gasteiger partial charge in [0.2, 0.25) is 0 Å². The normalized spacial score (nSPS) is 9.00. The van der Waals surface area contributed by atoms with E-state index in [2.05, 4.69) is 15.9 Å². The van der Waals surface area contributed by atoms with Crippen LogP contribution in [-0.4, -0.2) is 11.9 Å².